The molecule has 5 rings (SSSR count). The Morgan fingerprint density at radius 1 is 1.16 bits per heavy atom. The first-order valence-electron chi connectivity index (χ1n) is 14.3. The standard InChI is InChI=1S/C33H35FN6O4/c1-6-21(19-11-13-40(17-19)29(41)7-2)32-30(33(35)39-18-38-32)31(36-3)22-9-8-20(14-24(22)34)44-26-10-12-37-25-16-28(43-5)27(42-4)15-23(25)26/h7-10,12,14-16,18-19,21H,2,6,11,13,17H2,1,3-5H3,(H2,35,38,39). The lowest BCUT2D eigenvalue weighted by Crippen LogP contribution is -2.28. The summed E-state index contributed by atoms with van der Waals surface area (Å²) < 4.78 is 32.8. The van der Waals surface area contributed by atoms with E-state index in [2.05, 4.69) is 33.4 Å². The molecule has 11 heteroatoms. The highest BCUT2D eigenvalue weighted by Crippen LogP contribution is 2.39. The van der Waals surface area contributed by atoms with Gasteiger partial charge >= 0.3 is 0 Å². The van der Waals surface area contributed by atoms with Gasteiger partial charge in [-0.25, -0.2) is 14.4 Å². The molecule has 2 N–H and O–H groups in total. The van der Waals surface area contributed by atoms with Crippen molar-refractivity contribution in [3.8, 4) is 23.0 Å². The van der Waals surface area contributed by atoms with E-state index in [1.54, 1.807) is 62.7 Å². The Morgan fingerprint density at radius 3 is 2.61 bits per heavy atom. The Kier molecular flexibility index (Phi) is 9.03. The number of aliphatic imine (C=N–C) groups is 1. The zero-order valence-corrected chi connectivity index (χ0v) is 25.2. The van der Waals surface area contributed by atoms with Gasteiger partial charge in [0.1, 0.15) is 29.5 Å². The van der Waals surface area contributed by atoms with Crippen molar-refractivity contribution < 1.29 is 23.4 Å². The van der Waals surface area contributed by atoms with E-state index < -0.39 is 5.82 Å². The summed E-state index contributed by atoms with van der Waals surface area (Å²) in [5, 5.41) is 0.676. The van der Waals surface area contributed by atoms with Crippen molar-refractivity contribution in [2.45, 2.75) is 25.7 Å². The van der Waals surface area contributed by atoms with E-state index in [0.29, 0.717) is 58.2 Å². The monoisotopic (exact) mass is 598 g/mol. The van der Waals surface area contributed by atoms with Crippen LogP contribution in [0.15, 0.2) is 66.6 Å². The highest BCUT2D eigenvalue weighted by molar-refractivity contribution is 6.16. The van der Waals surface area contributed by atoms with E-state index in [-0.39, 0.29) is 34.9 Å². The highest BCUT2D eigenvalue weighted by Gasteiger charge is 2.34. The number of nitrogens with two attached hydrogens (primary N) is 1. The Balaban J connectivity index is 1.48. The van der Waals surface area contributed by atoms with Crippen LogP contribution in [0.5, 0.6) is 23.0 Å². The van der Waals surface area contributed by atoms with E-state index in [9.17, 15) is 4.79 Å². The Hall–Kier alpha value is -5.06. The number of nitrogens with zero attached hydrogens (tertiary/aromatic N) is 5. The SMILES string of the molecule is C=CC(=O)N1CCC(C(CC)c2ncnc(N)c2C(=NC)c2ccc(Oc3ccnc4cc(OC)c(OC)cc34)cc2F)C1. The van der Waals surface area contributed by atoms with Crippen molar-refractivity contribution in [3.05, 3.63) is 84.2 Å². The molecule has 0 radical (unpaired) electrons. The molecule has 44 heavy (non-hydrogen) atoms. The number of amides is 1. The van der Waals surface area contributed by atoms with Crippen molar-refractivity contribution in [1.82, 2.24) is 19.9 Å². The summed E-state index contributed by atoms with van der Waals surface area (Å²) in [6.07, 6.45) is 5.91. The maximum Gasteiger partial charge on any atom is 0.245 e. The first kappa shape index (κ1) is 30.4. The minimum absolute atomic E-state index is 0.0454. The number of fused-ring (bicyclic) bond motifs is 1. The summed E-state index contributed by atoms with van der Waals surface area (Å²) in [5.41, 5.74) is 8.80. The largest absolute Gasteiger partial charge is 0.493 e. The van der Waals surface area contributed by atoms with Gasteiger partial charge in [-0.15, -0.1) is 0 Å². The molecule has 2 unspecified atom stereocenters. The van der Waals surface area contributed by atoms with E-state index in [1.807, 2.05) is 0 Å². The third kappa shape index (κ3) is 5.77. The zero-order valence-electron chi connectivity index (χ0n) is 25.2. The number of nitrogen functional groups attached to an aromatic ring is 1. The minimum Gasteiger partial charge on any atom is -0.493 e. The molecule has 2 aromatic heterocycles. The van der Waals surface area contributed by atoms with Crippen LogP contribution in [0.4, 0.5) is 10.2 Å². The first-order valence-corrected chi connectivity index (χ1v) is 14.3. The number of rotatable bonds is 10. The van der Waals surface area contributed by atoms with Gasteiger partial charge in [-0.3, -0.25) is 14.8 Å². The number of benzene rings is 2. The van der Waals surface area contributed by atoms with Crippen LogP contribution in [0.25, 0.3) is 10.9 Å². The van der Waals surface area contributed by atoms with Gasteiger partial charge < -0.3 is 24.8 Å². The number of pyridine rings is 1. The zero-order chi connectivity index (χ0) is 31.4. The molecular weight excluding hydrogens is 563 g/mol. The number of aromatic nitrogens is 3. The summed E-state index contributed by atoms with van der Waals surface area (Å²) in [6, 6.07) is 9.80. The number of ether oxygens (including phenoxy) is 3. The molecule has 2 aromatic carbocycles. The number of anilines is 1. The average Bonchev–Trinajstić information content (AvgIpc) is 3.52. The van der Waals surface area contributed by atoms with E-state index >= 15 is 4.39 Å². The normalized spacial score (nSPS) is 15.7. The second-order valence-electron chi connectivity index (χ2n) is 10.4. The van der Waals surface area contributed by atoms with Gasteiger partial charge in [0.05, 0.1) is 36.7 Å². The molecule has 1 saturated heterocycles. The number of methoxy groups -OCH3 is 2. The van der Waals surface area contributed by atoms with Gasteiger partial charge in [0.25, 0.3) is 0 Å². The number of carbonyl (C=O) groups is 1. The summed E-state index contributed by atoms with van der Waals surface area (Å²) in [6.45, 7) is 6.89. The molecule has 1 amide bonds. The fraction of sp³-hybridized carbons (Fsp3) is 0.303. The first-order chi connectivity index (χ1) is 21.3. The van der Waals surface area contributed by atoms with E-state index in [1.165, 1.54) is 18.5 Å². The summed E-state index contributed by atoms with van der Waals surface area (Å²) in [7, 11) is 4.69. The quantitative estimate of drug-likeness (QED) is 0.186. The van der Waals surface area contributed by atoms with Gasteiger partial charge in [0, 0.05) is 55.3 Å². The highest BCUT2D eigenvalue weighted by atomic mass is 19.1. The van der Waals surface area contributed by atoms with Crippen molar-refractivity contribution in [2.24, 2.45) is 10.9 Å². The van der Waals surface area contributed by atoms with Crippen LogP contribution in [0.2, 0.25) is 0 Å². The molecule has 4 aromatic rings. The Bertz CT molecular complexity index is 1740. The van der Waals surface area contributed by atoms with Crippen LogP contribution in [-0.4, -0.2) is 65.8 Å². The smallest absolute Gasteiger partial charge is 0.245 e. The lowest BCUT2D eigenvalue weighted by molar-refractivity contribution is -0.125. The van der Waals surface area contributed by atoms with Crippen LogP contribution in [0, 0.1) is 11.7 Å². The maximum absolute atomic E-state index is 15.9. The number of halogens is 1. The molecule has 228 valence electrons. The van der Waals surface area contributed by atoms with Crippen molar-refractivity contribution in [1.29, 1.82) is 0 Å². The van der Waals surface area contributed by atoms with Crippen LogP contribution in [0.1, 0.15) is 42.5 Å². The predicted molar refractivity (Wildman–Crippen MR) is 167 cm³/mol. The van der Waals surface area contributed by atoms with Crippen LogP contribution >= 0.6 is 0 Å². The maximum atomic E-state index is 15.9. The number of hydrogen-bond acceptors (Lipinski definition) is 9. The number of likely N-dealkylation sites (tertiary alicyclic amines) is 1. The minimum atomic E-state index is -0.549. The fourth-order valence-corrected chi connectivity index (χ4v) is 5.91. The van der Waals surface area contributed by atoms with Gasteiger partial charge in [0.15, 0.2) is 11.5 Å². The van der Waals surface area contributed by atoms with Crippen LogP contribution in [0.3, 0.4) is 0 Å². The van der Waals surface area contributed by atoms with E-state index in [4.69, 9.17) is 19.9 Å². The van der Waals surface area contributed by atoms with E-state index in [0.717, 1.165) is 12.8 Å². The topological polar surface area (TPSA) is 125 Å². The molecule has 1 aliphatic heterocycles. The summed E-state index contributed by atoms with van der Waals surface area (Å²) >= 11 is 0. The second kappa shape index (κ2) is 13.1. The summed E-state index contributed by atoms with van der Waals surface area (Å²) in [4.78, 5) is 31.8. The van der Waals surface area contributed by atoms with Crippen molar-refractivity contribution >= 4 is 28.3 Å². The molecule has 0 aliphatic carbocycles. The van der Waals surface area contributed by atoms with Gasteiger partial charge in [0.2, 0.25) is 5.91 Å². The fourth-order valence-electron chi connectivity index (χ4n) is 5.91. The van der Waals surface area contributed by atoms with Gasteiger partial charge in [-0.1, -0.05) is 13.5 Å². The van der Waals surface area contributed by atoms with Gasteiger partial charge in [-0.05, 0) is 49.1 Å². The molecule has 2 atom stereocenters. The number of hydrogen-bond donors (Lipinski definition) is 1. The average molecular weight is 599 g/mol. The molecule has 0 spiro atoms. The third-order valence-corrected chi connectivity index (χ3v) is 8.07. The predicted octanol–water partition coefficient (Wildman–Crippen LogP) is 5.55. The number of carbonyl (C=O) groups excluding carboxylic acids is 1. The molecule has 1 fully saturated rings. The van der Waals surface area contributed by atoms with Crippen molar-refractivity contribution in [3.63, 3.8) is 0 Å². The lowest BCUT2D eigenvalue weighted by atomic mass is 9.83. The van der Waals surface area contributed by atoms with Crippen molar-refractivity contribution in [2.75, 3.05) is 40.1 Å². The molecule has 1 aliphatic rings. The second-order valence-corrected chi connectivity index (χ2v) is 10.4. The van der Waals surface area contributed by atoms with Gasteiger partial charge in [-0.2, -0.15) is 0 Å². The third-order valence-electron chi connectivity index (χ3n) is 8.07. The molecule has 0 saturated carbocycles. The Labute approximate surface area is 255 Å². The molecule has 3 heterocycles. The lowest BCUT2D eigenvalue weighted by Gasteiger charge is -2.25. The van der Waals surface area contributed by atoms with Crippen LogP contribution < -0.4 is 19.9 Å². The Morgan fingerprint density at radius 2 is 1.93 bits per heavy atom. The molecular formula is C33H35FN6O4. The molecule has 0 bridgehead atoms. The van der Waals surface area contributed by atoms with Crippen LogP contribution in [-0.2, 0) is 4.79 Å². The summed E-state index contributed by atoms with van der Waals surface area (Å²) in [5.74, 6) is 1.47. The molecule has 10 nitrogen and oxygen atoms in total.